The maximum atomic E-state index is 3.16. The van der Waals surface area contributed by atoms with Crippen molar-refractivity contribution >= 4 is 22.9 Å². The van der Waals surface area contributed by atoms with Crippen molar-refractivity contribution in [3.05, 3.63) is 0 Å². The van der Waals surface area contributed by atoms with Crippen LogP contribution in [-0.4, -0.2) is 6.54 Å². The second-order valence-electron chi connectivity index (χ2n) is 2.94. The van der Waals surface area contributed by atoms with Gasteiger partial charge in [-0.1, -0.05) is 33.1 Å². The summed E-state index contributed by atoms with van der Waals surface area (Å²) in [7, 11) is 0. The molecule has 2 heteroatoms. The van der Waals surface area contributed by atoms with Crippen LogP contribution in [0.25, 0.3) is 0 Å². The van der Waals surface area contributed by atoms with Gasteiger partial charge >= 0.3 is 0 Å². The van der Waals surface area contributed by atoms with Crippen molar-refractivity contribution in [3.8, 4) is 0 Å². The molecular formula is C8H18IN. The molecular weight excluding hydrogens is 237 g/mol. The van der Waals surface area contributed by atoms with E-state index in [-0.39, 0.29) is 0 Å². The zero-order valence-electron chi connectivity index (χ0n) is 6.99. The van der Waals surface area contributed by atoms with Crippen molar-refractivity contribution in [1.82, 2.24) is 3.53 Å². The van der Waals surface area contributed by atoms with Crippen LogP contribution in [0.2, 0.25) is 0 Å². The molecule has 0 aliphatic heterocycles. The molecule has 0 aromatic heterocycles. The summed E-state index contributed by atoms with van der Waals surface area (Å²) >= 11 is 2.21. The van der Waals surface area contributed by atoms with Gasteiger partial charge in [-0.05, 0) is 12.3 Å². The Morgan fingerprint density at radius 1 is 1.40 bits per heavy atom. The first-order valence-corrected chi connectivity index (χ1v) is 5.22. The van der Waals surface area contributed by atoms with E-state index in [4.69, 9.17) is 0 Å². The van der Waals surface area contributed by atoms with Gasteiger partial charge in [-0.15, -0.1) is 0 Å². The van der Waals surface area contributed by atoms with Gasteiger partial charge in [-0.25, -0.2) is 0 Å². The van der Waals surface area contributed by atoms with Gasteiger partial charge in [0.05, 0.1) is 0 Å². The third kappa shape index (κ3) is 6.81. The Bertz CT molecular complexity index is 66.3. The molecule has 0 aromatic carbocycles. The third-order valence-electron chi connectivity index (χ3n) is 1.73. The highest BCUT2D eigenvalue weighted by Crippen LogP contribution is 2.08. The summed E-state index contributed by atoms with van der Waals surface area (Å²) in [5, 5.41) is 0. The van der Waals surface area contributed by atoms with Gasteiger partial charge in [0, 0.05) is 29.4 Å². The van der Waals surface area contributed by atoms with Gasteiger partial charge in [0.1, 0.15) is 0 Å². The quantitative estimate of drug-likeness (QED) is 0.436. The van der Waals surface area contributed by atoms with Crippen molar-refractivity contribution in [1.29, 1.82) is 0 Å². The number of halogens is 1. The van der Waals surface area contributed by atoms with E-state index in [1.807, 2.05) is 0 Å². The highest BCUT2D eigenvalue weighted by atomic mass is 127. The zero-order chi connectivity index (χ0) is 7.82. The van der Waals surface area contributed by atoms with Crippen LogP contribution >= 0.6 is 22.9 Å². The Hall–Kier alpha value is 0.690. The van der Waals surface area contributed by atoms with Crippen molar-refractivity contribution in [2.45, 2.75) is 39.5 Å². The van der Waals surface area contributed by atoms with Crippen molar-refractivity contribution in [2.24, 2.45) is 5.92 Å². The maximum absolute atomic E-state index is 3.16. The normalized spacial score (nSPS) is 13.5. The van der Waals surface area contributed by atoms with Crippen LogP contribution in [0.15, 0.2) is 0 Å². The van der Waals surface area contributed by atoms with Crippen LogP contribution in [0, 0.1) is 5.92 Å². The van der Waals surface area contributed by atoms with E-state index < -0.39 is 0 Å². The summed E-state index contributed by atoms with van der Waals surface area (Å²) in [4.78, 5) is 0. The highest BCUT2D eigenvalue weighted by Gasteiger charge is 1.98. The van der Waals surface area contributed by atoms with Gasteiger partial charge in [-0.2, -0.15) is 0 Å². The number of hydrogen-bond acceptors (Lipinski definition) is 1. The molecule has 0 saturated carbocycles. The lowest BCUT2D eigenvalue weighted by molar-refractivity contribution is 0.498. The molecule has 62 valence electrons. The molecule has 0 aliphatic rings. The summed E-state index contributed by atoms with van der Waals surface area (Å²) < 4.78 is 3.16. The number of hydrogen-bond donors (Lipinski definition) is 1. The lowest BCUT2D eigenvalue weighted by atomic mass is 10.0. The van der Waals surface area contributed by atoms with Crippen molar-refractivity contribution < 1.29 is 0 Å². The lowest BCUT2D eigenvalue weighted by Crippen LogP contribution is -2.10. The van der Waals surface area contributed by atoms with Crippen LogP contribution in [0.5, 0.6) is 0 Å². The maximum Gasteiger partial charge on any atom is 0.0169 e. The Kier molecular flexibility index (Phi) is 8.33. The first-order chi connectivity index (χ1) is 4.81. The molecule has 1 nitrogen and oxygen atoms in total. The monoisotopic (exact) mass is 255 g/mol. The largest absolute Gasteiger partial charge is 0.261 e. The zero-order valence-corrected chi connectivity index (χ0v) is 9.15. The van der Waals surface area contributed by atoms with Gasteiger partial charge in [-0.3, -0.25) is 3.53 Å². The van der Waals surface area contributed by atoms with E-state index >= 15 is 0 Å². The lowest BCUT2D eigenvalue weighted by Gasteiger charge is -2.07. The summed E-state index contributed by atoms with van der Waals surface area (Å²) in [6.45, 7) is 5.72. The Balaban J connectivity index is 2.97. The molecule has 0 amide bonds. The van der Waals surface area contributed by atoms with E-state index in [2.05, 4.69) is 40.2 Å². The van der Waals surface area contributed by atoms with Gasteiger partial charge in [0.25, 0.3) is 0 Å². The minimum atomic E-state index is 0.850. The SMILES string of the molecule is CCCCCC(C)CNI. The fraction of sp³-hybridized carbons (Fsp3) is 1.00. The molecule has 0 radical (unpaired) electrons. The van der Waals surface area contributed by atoms with Gasteiger partial charge in [0.2, 0.25) is 0 Å². The Morgan fingerprint density at radius 3 is 2.60 bits per heavy atom. The summed E-state index contributed by atoms with van der Waals surface area (Å²) in [5.74, 6) is 0.850. The predicted molar refractivity (Wildman–Crippen MR) is 55.3 cm³/mol. The molecule has 0 bridgehead atoms. The van der Waals surface area contributed by atoms with E-state index in [0.717, 1.165) is 12.5 Å². The van der Waals surface area contributed by atoms with Gasteiger partial charge in [0.15, 0.2) is 0 Å². The van der Waals surface area contributed by atoms with E-state index in [9.17, 15) is 0 Å². The fourth-order valence-electron chi connectivity index (χ4n) is 0.977. The average molecular weight is 255 g/mol. The molecule has 1 N–H and O–H groups in total. The summed E-state index contributed by atoms with van der Waals surface area (Å²) in [6, 6.07) is 0. The molecule has 0 saturated heterocycles. The molecule has 0 aromatic rings. The predicted octanol–water partition coefficient (Wildman–Crippen LogP) is 3.14. The molecule has 0 spiro atoms. The first-order valence-electron chi connectivity index (χ1n) is 4.14. The van der Waals surface area contributed by atoms with Gasteiger partial charge < -0.3 is 0 Å². The molecule has 0 fully saturated rings. The Labute approximate surface area is 78.5 Å². The van der Waals surface area contributed by atoms with Crippen LogP contribution in [0.4, 0.5) is 0 Å². The summed E-state index contributed by atoms with van der Waals surface area (Å²) in [5.41, 5.74) is 0. The molecule has 0 heterocycles. The number of rotatable bonds is 6. The second kappa shape index (κ2) is 7.79. The minimum absolute atomic E-state index is 0.850. The molecule has 0 aliphatic carbocycles. The highest BCUT2D eigenvalue weighted by molar-refractivity contribution is 14.1. The number of nitrogens with one attached hydrogen (secondary N) is 1. The Morgan fingerprint density at radius 2 is 2.10 bits per heavy atom. The van der Waals surface area contributed by atoms with E-state index in [1.54, 1.807) is 0 Å². The molecule has 1 unspecified atom stereocenters. The molecule has 10 heavy (non-hydrogen) atoms. The molecule has 0 rings (SSSR count). The topological polar surface area (TPSA) is 12.0 Å². The smallest absolute Gasteiger partial charge is 0.0169 e. The molecule has 1 atom stereocenters. The first kappa shape index (κ1) is 10.7. The van der Waals surface area contributed by atoms with Crippen LogP contribution in [0.3, 0.4) is 0 Å². The minimum Gasteiger partial charge on any atom is -0.261 e. The van der Waals surface area contributed by atoms with Crippen molar-refractivity contribution in [2.75, 3.05) is 6.54 Å². The summed E-state index contributed by atoms with van der Waals surface area (Å²) in [6.07, 6.45) is 5.51. The van der Waals surface area contributed by atoms with Crippen LogP contribution in [-0.2, 0) is 0 Å². The van der Waals surface area contributed by atoms with Crippen molar-refractivity contribution in [3.63, 3.8) is 0 Å². The fourth-order valence-corrected chi connectivity index (χ4v) is 1.73. The van der Waals surface area contributed by atoms with Crippen LogP contribution in [0.1, 0.15) is 39.5 Å². The second-order valence-corrected chi connectivity index (χ2v) is 3.70. The van der Waals surface area contributed by atoms with Crippen LogP contribution < -0.4 is 3.53 Å². The number of unbranched alkanes of at least 4 members (excludes halogenated alkanes) is 2. The third-order valence-corrected chi connectivity index (χ3v) is 2.17. The average Bonchev–Trinajstić information content (AvgIpc) is 1.89. The van der Waals surface area contributed by atoms with E-state index in [1.165, 1.54) is 25.7 Å². The van der Waals surface area contributed by atoms with E-state index in [0.29, 0.717) is 0 Å². The standard InChI is InChI=1S/C8H18IN/c1-3-4-5-6-8(2)7-10-9/h8,10H,3-7H2,1-2H3.